The number of nitrogens with zero attached hydrogens (tertiary/aromatic N) is 1. The molecular formula is C20H24N2O6S2. The number of rotatable bonds is 8. The van der Waals surface area contributed by atoms with Crippen LogP contribution in [0.25, 0.3) is 0 Å². The number of benzene rings is 2. The summed E-state index contributed by atoms with van der Waals surface area (Å²) in [5.41, 5.74) is 1.21. The molecule has 0 aromatic heterocycles. The van der Waals surface area contributed by atoms with Crippen LogP contribution in [0.3, 0.4) is 0 Å². The zero-order valence-electron chi connectivity index (χ0n) is 17.1. The maximum Gasteiger partial charge on any atom is 0.241 e. The number of amides is 1. The summed E-state index contributed by atoms with van der Waals surface area (Å²) in [6.45, 7) is 2.60. The van der Waals surface area contributed by atoms with Crippen LogP contribution in [0.1, 0.15) is 35.8 Å². The summed E-state index contributed by atoms with van der Waals surface area (Å²) in [4.78, 5) is 24.3. The maximum atomic E-state index is 12.5. The molecule has 30 heavy (non-hydrogen) atoms. The maximum absolute atomic E-state index is 12.5. The smallest absolute Gasteiger partial charge is 0.241 e. The van der Waals surface area contributed by atoms with E-state index in [2.05, 4.69) is 5.32 Å². The van der Waals surface area contributed by atoms with Crippen LogP contribution in [-0.4, -0.2) is 47.6 Å². The van der Waals surface area contributed by atoms with Gasteiger partial charge in [0, 0.05) is 11.8 Å². The molecule has 0 bridgehead atoms. The highest BCUT2D eigenvalue weighted by Gasteiger charge is 2.22. The van der Waals surface area contributed by atoms with Gasteiger partial charge < -0.3 is 5.32 Å². The fourth-order valence-electron chi connectivity index (χ4n) is 2.78. The van der Waals surface area contributed by atoms with Crippen molar-refractivity contribution in [2.45, 2.75) is 24.8 Å². The van der Waals surface area contributed by atoms with Crippen molar-refractivity contribution in [1.82, 2.24) is 5.32 Å². The van der Waals surface area contributed by atoms with Gasteiger partial charge in [-0.2, -0.15) is 0 Å². The van der Waals surface area contributed by atoms with E-state index < -0.39 is 38.4 Å². The van der Waals surface area contributed by atoms with E-state index in [1.54, 1.807) is 31.2 Å². The first-order chi connectivity index (χ1) is 13.8. The van der Waals surface area contributed by atoms with Crippen LogP contribution >= 0.6 is 0 Å². The second-order valence-corrected chi connectivity index (χ2v) is 10.9. The van der Waals surface area contributed by atoms with Gasteiger partial charge in [0.25, 0.3) is 0 Å². The van der Waals surface area contributed by atoms with E-state index >= 15 is 0 Å². The van der Waals surface area contributed by atoms with Crippen LogP contribution in [0.4, 0.5) is 5.69 Å². The number of ketones is 1. The predicted octanol–water partition coefficient (Wildman–Crippen LogP) is 1.94. The van der Waals surface area contributed by atoms with E-state index in [1.165, 1.54) is 31.2 Å². The molecule has 0 spiro atoms. The summed E-state index contributed by atoms with van der Waals surface area (Å²) in [5, 5.41) is 2.70. The molecule has 0 radical (unpaired) electrons. The number of sulfonamides is 1. The quantitative estimate of drug-likeness (QED) is 0.612. The molecule has 10 heteroatoms. The molecule has 0 aliphatic carbocycles. The Hall–Kier alpha value is -2.72. The van der Waals surface area contributed by atoms with Crippen LogP contribution in [-0.2, 0) is 24.7 Å². The molecule has 8 nitrogen and oxygen atoms in total. The van der Waals surface area contributed by atoms with Gasteiger partial charge in [-0.3, -0.25) is 13.9 Å². The van der Waals surface area contributed by atoms with Crippen molar-refractivity contribution in [1.29, 1.82) is 0 Å². The fourth-order valence-corrected chi connectivity index (χ4v) is 4.26. The second kappa shape index (κ2) is 8.97. The van der Waals surface area contributed by atoms with Gasteiger partial charge in [0.1, 0.15) is 6.54 Å². The number of sulfone groups is 1. The third-order valence-electron chi connectivity index (χ3n) is 4.41. The van der Waals surface area contributed by atoms with Crippen molar-refractivity contribution in [2.24, 2.45) is 0 Å². The van der Waals surface area contributed by atoms with Crippen molar-refractivity contribution >= 4 is 37.2 Å². The zero-order chi connectivity index (χ0) is 22.7. The highest BCUT2D eigenvalue weighted by Crippen LogP contribution is 2.20. The van der Waals surface area contributed by atoms with Gasteiger partial charge in [-0.15, -0.1) is 0 Å². The predicted molar refractivity (Wildman–Crippen MR) is 115 cm³/mol. The Bertz CT molecular complexity index is 1160. The van der Waals surface area contributed by atoms with Gasteiger partial charge in [-0.25, -0.2) is 16.8 Å². The summed E-state index contributed by atoms with van der Waals surface area (Å²) in [6.07, 6.45) is 2.09. The number of anilines is 1. The van der Waals surface area contributed by atoms with Crippen LogP contribution in [0, 0.1) is 0 Å². The molecule has 0 fully saturated rings. The second-order valence-electron chi connectivity index (χ2n) is 7.01. The lowest BCUT2D eigenvalue weighted by Crippen LogP contribution is -2.41. The number of nitrogens with one attached hydrogen (secondary N) is 1. The summed E-state index contributed by atoms with van der Waals surface area (Å²) in [7, 11) is -7.11. The minimum absolute atomic E-state index is 0.165. The molecule has 2 rings (SSSR count). The molecule has 1 unspecified atom stereocenters. The Morgan fingerprint density at radius 2 is 1.60 bits per heavy atom. The van der Waals surface area contributed by atoms with Crippen LogP contribution in [0.15, 0.2) is 53.4 Å². The number of Topliss-reactive ketones (excluding diaryl/α,β-unsaturated/α-hetero) is 1. The molecule has 2 aromatic carbocycles. The minimum atomic E-state index is -3.78. The van der Waals surface area contributed by atoms with Gasteiger partial charge in [-0.1, -0.05) is 24.3 Å². The van der Waals surface area contributed by atoms with E-state index in [9.17, 15) is 26.4 Å². The van der Waals surface area contributed by atoms with E-state index in [-0.39, 0.29) is 16.4 Å². The Morgan fingerprint density at radius 1 is 1.00 bits per heavy atom. The Morgan fingerprint density at radius 3 is 2.10 bits per heavy atom. The summed E-state index contributed by atoms with van der Waals surface area (Å²) >= 11 is 0. The van der Waals surface area contributed by atoms with E-state index in [1.807, 2.05) is 0 Å². The van der Waals surface area contributed by atoms with E-state index in [0.717, 1.165) is 16.8 Å². The Kier molecular flexibility index (Phi) is 7.04. The molecule has 0 heterocycles. The third-order valence-corrected chi connectivity index (χ3v) is 6.68. The SMILES string of the molecule is CC(=O)c1cccc(N(CC(=O)NC(C)c2ccc(S(C)(=O)=O)cc2)S(C)(=O)=O)c1. The zero-order valence-corrected chi connectivity index (χ0v) is 18.7. The average molecular weight is 453 g/mol. The Balaban J connectivity index is 2.18. The van der Waals surface area contributed by atoms with E-state index in [4.69, 9.17) is 0 Å². The molecule has 162 valence electrons. The first-order valence-corrected chi connectivity index (χ1v) is 12.7. The molecule has 1 N–H and O–H groups in total. The standard InChI is InChI=1S/C20H24N2O6S2/c1-14(16-8-10-19(11-9-16)29(3,25)26)21-20(24)13-22(30(4,27)28)18-7-5-6-17(12-18)15(2)23/h5-12,14H,13H2,1-4H3,(H,21,24). The number of carbonyl (C=O) groups is 2. The van der Waals surface area contributed by atoms with Crippen molar-refractivity contribution in [3.63, 3.8) is 0 Å². The first-order valence-electron chi connectivity index (χ1n) is 8.97. The molecule has 2 aromatic rings. The van der Waals surface area contributed by atoms with Crippen LogP contribution < -0.4 is 9.62 Å². The van der Waals surface area contributed by atoms with Crippen molar-refractivity contribution in [3.8, 4) is 0 Å². The highest BCUT2D eigenvalue weighted by molar-refractivity contribution is 7.92. The van der Waals surface area contributed by atoms with Gasteiger partial charge in [0.2, 0.25) is 15.9 Å². The lowest BCUT2D eigenvalue weighted by Gasteiger charge is -2.23. The van der Waals surface area contributed by atoms with Crippen molar-refractivity contribution in [2.75, 3.05) is 23.4 Å². The molecule has 0 aliphatic rings. The number of hydrogen-bond acceptors (Lipinski definition) is 6. The average Bonchev–Trinajstić information content (AvgIpc) is 2.64. The third kappa shape index (κ3) is 6.14. The lowest BCUT2D eigenvalue weighted by atomic mass is 10.1. The largest absolute Gasteiger partial charge is 0.348 e. The number of carbonyl (C=O) groups excluding carboxylic acids is 2. The van der Waals surface area contributed by atoms with Crippen LogP contribution in [0.2, 0.25) is 0 Å². The van der Waals surface area contributed by atoms with Gasteiger partial charge in [0.05, 0.1) is 22.9 Å². The number of hydrogen-bond donors (Lipinski definition) is 1. The molecule has 0 saturated heterocycles. The molecule has 0 aliphatic heterocycles. The lowest BCUT2D eigenvalue weighted by molar-refractivity contribution is -0.120. The molecule has 0 saturated carbocycles. The van der Waals surface area contributed by atoms with Gasteiger partial charge in [0.15, 0.2) is 15.6 Å². The molecule has 1 atom stereocenters. The normalized spacial score (nSPS) is 12.8. The molecule has 1 amide bonds. The summed E-state index contributed by atoms with van der Waals surface area (Å²) in [5.74, 6) is -0.769. The highest BCUT2D eigenvalue weighted by atomic mass is 32.2. The van der Waals surface area contributed by atoms with Gasteiger partial charge in [-0.05, 0) is 43.7 Å². The first kappa shape index (κ1) is 23.6. The topological polar surface area (TPSA) is 118 Å². The summed E-state index contributed by atoms with van der Waals surface area (Å²) in [6, 6.07) is 11.6. The Labute approximate surface area is 176 Å². The fraction of sp³-hybridized carbons (Fsp3) is 0.300. The van der Waals surface area contributed by atoms with Gasteiger partial charge >= 0.3 is 0 Å². The monoisotopic (exact) mass is 452 g/mol. The summed E-state index contributed by atoms with van der Waals surface area (Å²) < 4.78 is 48.5. The van der Waals surface area contributed by atoms with E-state index in [0.29, 0.717) is 11.1 Å². The van der Waals surface area contributed by atoms with Crippen LogP contribution in [0.5, 0.6) is 0 Å². The molecular weight excluding hydrogens is 428 g/mol. The van der Waals surface area contributed by atoms with Crippen molar-refractivity contribution < 1.29 is 26.4 Å². The minimum Gasteiger partial charge on any atom is -0.348 e. The van der Waals surface area contributed by atoms with Crippen molar-refractivity contribution in [3.05, 3.63) is 59.7 Å².